The molecule has 5 rings (SSSR count). The molecular formula is C21H21NO5S. The van der Waals surface area contributed by atoms with Gasteiger partial charge in [0.15, 0.2) is 0 Å². The monoisotopic (exact) mass is 399 g/mol. The fourth-order valence-electron chi connectivity index (χ4n) is 4.65. The second-order valence-electron chi connectivity index (χ2n) is 7.93. The van der Waals surface area contributed by atoms with Crippen LogP contribution in [-0.2, 0) is 33.8 Å². The maximum Gasteiger partial charge on any atom is 0.336 e. The van der Waals surface area contributed by atoms with Crippen LogP contribution in [0.1, 0.15) is 42.9 Å². The number of carbonyl (C=O) groups excluding carboxylic acids is 2. The van der Waals surface area contributed by atoms with E-state index < -0.39 is 17.6 Å². The molecule has 1 aromatic heterocycles. The fraction of sp³-hybridized carbons (Fsp3) is 0.476. The highest BCUT2D eigenvalue weighted by Crippen LogP contribution is 2.47. The van der Waals surface area contributed by atoms with Gasteiger partial charge in [0.25, 0.3) is 0 Å². The first kappa shape index (κ1) is 17.8. The summed E-state index contributed by atoms with van der Waals surface area (Å²) in [6.07, 6.45) is 4.34. The Bertz CT molecular complexity index is 1060. The number of nitrogens with zero attached hydrogens (tertiary/aromatic N) is 1. The van der Waals surface area contributed by atoms with Crippen LogP contribution in [0, 0.1) is 0 Å². The molecule has 3 aliphatic rings. The SMILES string of the molecule is C[C@]12CCC(=O)N1[C@H](C(=O)OCc1cc(=O)oc3cc4c(cc13)CCC4)CS2. The predicted octanol–water partition coefficient (Wildman–Crippen LogP) is 2.78. The van der Waals surface area contributed by atoms with Gasteiger partial charge >= 0.3 is 11.6 Å². The summed E-state index contributed by atoms with van der Waals surface area (Å²) in [6.45, 7) is 2.01. The number of amides is 1. The van der Waals surface area contributed by atoms with Crippen LogP contribution in [0.2, 0.25) is 0 Å². The molecule has 0 spiro atoms. The zero-order valence-electron chi connectivity index (χ0n) is 15.7. The fourth-order valence-corrected chi connectivity index (χ4v) is 6.07. The van der Waals surface area contributed by atoms with Crippen LogP contribution in [0.25, 0.3) is 11.0 Å². The molecular weight excluding hydrogens is 378 g/mol. The van der Waals surface area contributed by atoms with E-state index in [9.17, 15) is 14.4 Å². The predicted molar refractivity (Wildman–Crippen MR) is 105 cm³/mol. The van der Waals surface area contributed by atoms with Gasteiger partial charge in [-0.1, -0.05) is 0 Å². The van der Waals surface area contributed by atoms with Crippen molar-refractivity contribution < 1.29 is 18.7 Å². The molecule has 2 aliphatic heterocycles. The summed E-state index contributed by atoms with van der Waals surface area (Å²) in [7, 11) is 0. The summed E-state index contributed by atoms with van der Waals surface area (Å²) in [5.74, 6) is 0.150. The molecule has 7 heteroatoms. The van der Waals surface area contributed by atoms with E-state index in [0.29, 0.717) is 23.3 Å². The molecule has 1 aromatic carbocycles. The Morgan fingerprint density at radius 2 is 2.04 bits per heavy atom. The summed E-state index contributed by atoms with van der Waals surface area (Å²) in [4.78, 5) is 38.3. The number of benzene rings is 1. The zero-order chi connectivity index (χ0) is 19.5. The molecule has 2 saturated heterocycles. The van der Waals surface area contributed by atoms with Crippen LogP contribution in [-0.4, -0.2) is 33.4 Å². The third kappa shape index (κ3) is 2.75. The maximum absolute atomic E-state index is 12.7. The molecule has 0 saturated carbocycles. The lowest BCUT2D eigenvalue weighted by molar-refractivity contribution is -0.154. The number of carbonyl (C=O) groups is 2. The van der Waals surface area contributed by atoms with Gasteiger partial charge in [-0.2, -0.15) is 0 Å². The van der Waals surface area contributed by atoms with E-state index in [1.165, 1.54) is 17.2 Å². The lowest BCUT2D eigenvalue weighted by atomic mass is 10.0. The van der Waals surface area contributed by atoms with Crippen molar-refractivity contribution in [2.45, 2.75) is 56.5 Å². The van der Waals surface area contributed by atoms with E-state index in [4.69, 9.17) is 9.15 Å². The molecule has 0 radical (unpaired) electrons. The molecule has 6 nitrogen and oxygen atoms in total. The molecule has 0 unspecified atom stereocenters. The Hall–Kier alpha value is -2.28. The van der Waals surface area contributed by atoms with Gasteiger partial charge in [0, 0.05) is 29.2 Å². The Kier molecular flexibility index (Phi) is 4.05. The molecule has 3 heterocycles. The number of esters is 1. The summed E-state index contributed by atoms with van der Waals surface area (Å²) in [5.41, 5.74) is 3.22. The molecule has 2 aromatic rings. The van der Waals surface area contributed by atoms with Crippen molar-refractivity contribution in [1.29, 1.82) is 0 Å². The van der Waals surface area contributed by atoms with Crippen LogP contribution >= 0.6 is 11.8 Å². The highest BCUT2D eigenvalue weighted by Gasteiger charge is 2.53. The van der Waals surface area contributed by atoms with E-state index in [2.05, 4.69) is 6.07 Å². The van der Waals surface area contributed by atoms with Crippen molar-refractivity contribution in [3.63, 3.8) is 0 Å². The minimum atomic E-state index is -0.555. The van der Waals surface area contributed by atoms with Crippen molar-refractivity contribution in [2.24, 2.45) is 0 Å². The number of thioether (sulfide) groups is 1. The molecule has 1 amide bonds. The van der Waals surface area contributed by atoms with Crippen LogP contribution in [0.4, 0.5) is 0 Å². The second kappa shape index (κ2) is 6.37. The van der Waals surface area contributed by atoms with Crippen molar-refractivity contribution in [2.75, 3.05) is 5.75 Å². The topological polar surface area (TPSA) is 76.8 Å². The first-order valence-electron chi connectivity index (χ1n) is 9.66. The number of fused-ring (bicyclic) bond motifs is 3. The summed E-state index contributed by atoms with van der Waals surface area (Å²) in [5, 5.41) is 0.816. The van der Waals surface area contributed by atoms with Gasteiger partial charge < -0.3 is 14.1 Å². The van der Waals surface area contributed by atoms with Gasteiger partial charge in [-0.3, -0.25) is 4.79 Å². The second-order valence-corrected chi connectivity index (χ2v) is 9.44. The van der Waals surface area contributed by atoms with Crippen molar-refractivity contribution >= 4 is 34.6 Å². The first-order chi connectivity index (χ1) is 13.4. The Morgan fingerprint density at radius 3 is 2.86 bits per heavy atom. The first-order valence-corrected chi connectivity index (χ1v) is 10.6. The normalized spacial score (nSPS) is 26.0. The Morgan fingerprint density at radius 1 is 1.25 bits per heavy atom. The summed E-state index contributed by atoms with van der Waals surface area (Å²) in [6, 6.07) is 4.83. The van der Waals surface area contributed by atoms with Crippen LogP contribution in [0.5, 0.6) is 0 Å². The van der Waals surface area contributed by atoms with Gasteiger partial charge in [-0.15, -0.1) is 11.8 Å². The van der Waals surface area contributed by atoms with Crippen molar-refractivity contribution in [3.8, 4) is 0 Å². The third-order valence-corrected chi connectivity index (χ3v) is 7.63. The van der Waals surface area contributed by atoms with Gasteiger partial charge in [0.1, 0.15) is 18.2 Å². The van der Waals surface area contributed by atoms with Gasteiger partial charge in [-0.05, 0) is 55.9 Å². The minimum Gasteiger partial charge on any atom is -0.459 e. The number of aryl methyl sites for hydroxylation is 2. The van der Waals surface area contributed by atoms with Crippen molar-refractivity contribution in [3.05, 3.63) is 45.3 Å². The quantitative estimate of drug-likeness (QED) is 0.584. The highest BCUT2D eigenvalue weighted by atomic mass is 32.2. The van der Waals surface area contributed by atoms with E-state index >= 15 is 0 Å². The molecule has 2 atom stereocenters. The standard InChI is InChI=1S/C21H21NO5S/c1-21-6-5-18(23)22(21)16(11-28-21)20(25)26-10-14-9-19(24)27-17-8-13-4-2-3-12(13)7-15(14)17/h7-9,16H,2-6,10-11H2,1H3/t16-,21-/m0/s1. The highest BCUT2D eigenvalue weighted by molar-refractivity contribution is 8.01. The molecule has 28 heavy (non-hydrogen) atoms. The minimum absolute atomic E-state index is 0.000366. The maximum atomic E-state index is 12.7. The van der Waals surface area contributed by atoms with Crippen molar-refractivity contribution in [1.82, 2.24) is 4.90 Å². The average Bonchev–Trinajstić information content (AvgIpc) is 3.33. The van der Waals surface area contributed by atoms with E-state index in [0.717, 1.165) is 31.1 Å². The molecule has 1 aliphatic carbocycles. The molecule has 0 bridgehead atoms. The molecule has 2 fully saturated rings. The smallest absolute Gasteiger partial charge is 0.336 e. The van der Waals surface area contributed by atoms with E-state index in [1.54, 1.807) is 16.7 Å². The van der Waals surface area contributed by atoms with Gasteiger partial charge in [0.05, 0.1) is 4.87 Å². The molecule has 0 N–H and O–H groups in total. The third-order valence-electron chi connectivity index (χ3n) is 6.13. The zero-order valence-corrected chi connectivity index (χ0v) is 16.5. The molecule has 146 valence electrons. The Balaban J connectivity index is 1.40. The number of hydrogen-bond acceptors (Lipinski definition) is 6. The summed E-state index contributed by atoms with van der Waals surface area (Å²) < 4.78 is 10.9. The van der Waals surface area contributed by atoms with Crippen LogP contribution in [0.3, 0.4) is 0 Å². The lowest BCUT2D eigenvalue weighted by Crippen LogP contribution is -2.46. The van der Waals surface area contributed by atoms with Gasteiger partial charge in [-0.25, -0.2) is 9.59 Å². The van der Waals surface area contributed by atoms with Gasteiger partial charge in [0.2, 0.25) is 5.91 Å². The largest absolute Gasteiger partial charge is 0.459 e. The number of ether oxygens (including phenoxy) is 1. The average molecular weight is 399 g/mol. The van der Waals surface area contributed by atoms with Crippen LogP contribution in [0.15, 0.2) is 27.4 Å². The number of rotatable bonds is 3. The van der Waals surface area contributed by atoms with E-state index in [-0.39, 0.29) is 17.4 Å². The van der Waals surface area contributed by atoms with E-state index in [1.807, 2.05) is 13.0 Å². The Labute approximate surface area is 166 Å². The lowest BCUT2D eigenvalue weighted by Gasteiger charge is -2.29. The summed E-state index contributed by atoms with van der Waals surface area (Å²) >= 11 is 1.63. The van der Waals surface area contributed by atoms with Crippen LogP contribution < -0.4 is 5.63 Å². The number of hydrogen-bond donors (Lipinski definition) is 0.